The summed E-state index contributed by atoms with van der Waals surface area (Å²) in [5.74, 6) is 0.256. The highest BCUT2D eigenvalue weighted by Gasteiger charge is 2.17. The number of hydrogen-bond donors (Lipinski definition) is 2. The summed E-state index contributed by atoms with van der Waals surface area (Å²) in [7, 11) is 1.38. The molecule has 0 amide bonds. The minimum atomic E-state index is -2.62. The van der Waals surface area contributed by atoms with Crippen molar-refractivity contribution in [3.05, 3.63) is 42.5 Å². The number of aromatic nitrogens is 5. The number of hydrogen-bond acceptors (Lipinski definition) is 6. The van der Waals surface area contributed by atoms with E-state index in [0.29, 0.717) is 27.8 Å². The third-order valence-corrected chi connectivity index (χ3v) is 4.38. The van der Waals surface area contributed by atoms with Gasteiger partial charge >= 0.3 is 0 Å². The first-order chi connectivity index (χ1) is 14.0. The number of methoxy groups -OCH3 is 1. The van der Waals surface area contributed by atoms with E-state index in [2.05, 4.69) is 20.2 Å². The van der Waals surface area contributed by atoms with Gasteiger partial charge in [0.25, 0.3) is 12.3 Å². The molecule has 0 aromatic carbocycles. The van der Waals surface area contributed by atoms with Gasteiger partial charge in [0.05, 0.1) is 35.6 Å². The number of nitrogens with zero attached hydrogens (tertiary/aromatic N) is 4. The molecule has 0 unspecified atom stereocenters. The highest BCUT2D eigenvalue weighted by molar-refractivity contribution is 5.90. The predicted octanol–water partition coefficient (Wildman–Crippen LogP) is 3.48. The number of alkyl halides is 2. The van der Waals surface area contributed by atoms with Crippen LogP contribution >= 0.6 is 0 Å². The first kappa shape index (κ1) is 18.7. The average Bonchev–Trinajstić information content (AvgIpc) is 3.34. The lowest BCUT2D eigenvalue weighted by Gasteiger charge is -2.11. The minimum Gasteiger partial charge on any atom is -0.494 e. The largest absolute Gasteiger partial charge is 0.494 e. The molecule has 0 aliphatic carbocycles. The van der Waals surface area contributed by atoms with Gasteiger partial charge in [-0.25, -0.2) is 18.7 Å². The number of ether oxygens (including phenoxy) is 2. The van der Waals surface area contributed by atoms with Gasteiger partial charge in [-0.1, -0.05) is 0 Å². The Morgan fingerprint density at radius 1 is 1.28 bits per heavy atom. The third-order valence-electron chi connectivity index (χ3n) is 4.38. The second kappa shape index (κ2) is 7.38. The Bertz CT molecular complexity index is 1160. The van der Waals surface area contributed by atoms with Crippen LogP contribution in [0.15, 0.2) is 36.9 Å². The SMILES string of the molecule is COc1ncc(-c2cc(C)c3c(O)n(-c4cn[nH]c4)cc3n2)cc1OCC(F)F. The van der Waals surface area contributed by atoms with E-state index in [1.807, 2.05) is 6.92 Å². The maximum Gasteiger partial charge on any atom is 0.272 e. The number of halogens is 2. The van der Waals surface area contributed by atoms with E-state index >= 15 is 0 Å². The summed E-state index contributed by atoms with van der Waals surface area (Å²) in [6.45, 7) is 1.08. The summed E-state index contributed by atoms with van der Waals surface area (Å²) < 4.78 is 36.8. The van der Waals surface area contributed by atoms with E-state index in [1.165, 1.54) is 13.3 Å². The molecule has 4 aromatic rings. The van der Waals surface area contributed by atoms with E-state index in [-0.39, 0.29) is 17.5 Å². The van der Waals surface area contributed by atoms with Gasteiger partial charge in [-0.15, -0.1) is 0 Å². The maximum absolute atomic E-state index is 12.5. The van der Waals surface area contributed by atoms with Crippen LogP contribution < -0.4 is 9.47 Å². The zero-order chi connectivity index (χ0) is 20.5. The van der Waals surface area contributed by atoms with E-state index in [1.54, 1.807) is 35.3 Å². The molecular weight excluding hydrogens is 384 g/mol. The van der Waals surface area contributed by atoms with Gasteiger partial charge in [-0.05, 0) is 24.6 Å². The number of aromatic amines is 1. The van der Waals surface area contributed by atoms with Crippen LogP contribution in [0, 0.1) is 6.92 Å². The van der Waals surface area contributed by atoms with Gasteiger partial charge in [-0.2, -0.15) is 5.10 Å². The van der Waals surface area contributed by atoms with Crippen molar-refractivity contribution in [2.75, 3.05) is 13.7 Å². The van der Waals surface area contributed by atoms with Crippen LogP contribution in [-0.4, -0.2) is 50.0 Å². The van der Waals surface area contributed by atoms with Crippen LogP contribution in [-0.2, 0) is 0 Å². The van der Waals surface area contributed by atoms with Gasteiger partial charge in [0.1, 0.15) is 6.61 Å². The predicted molar refractivity (Wildman–Crippen MR) is 101 cm³/mol. The Hall–Kier alpha value is -3.69. The number of pyridine rings is 2. The van der Waals surface area contributed by atoms with Crippen LogP contribution in [0.5, 0.6) is 17.5 Å². The molecule has 0 radical (unpaired) electrons. The molecule has 150 valence electrons. The molecule has 0 atom stereocenters. The Morgan fingerprint density at radius 3 is 2.79 bits per heavy atom. The Morgan fingerprint density at radius 2 is 2.10 bits per heavy atom. The summed E-state index contributed by atoms with van der Waals surface area (Å²) in [5, 5.41) is 17.8. The van der Waals surface area contributed by atoms with Crippen LogP contribution in [0.1, 0.15) is 5.56 Å². The van der Waals surface area contributed by atoms with Crippen LogP contribution in [0.3, 0.4) is 0 Å². The molecule has 0 aliphatic heterocycles. The average molecular weight is 401 g/mol. The van der Waals surface area contributed by atoms with Crippen molar-refractivity contribution >= 4 is 10.9 Å². The number of rotatable bonds is 6. The van der Waals surface area contributed by atoms with Crippen molar-refractivity contribution in [1.29, 1.82) is 0 Å². The van der Waals surface area contributed by atoms with E-state index in [4.69, 9.17) is 9.47 Å². The molecule has 4 heterocycles. The number of aromatic hydroxyl groups is 1. The molecule has 2 N–H and O–H groups in total. The molecule has 0 aliphatic rings. The quantitative estimate of drug-likeness (QED) is 0.513. The first-order valence-corrected chi connectivity index (χ1v) is 8.64. The lowest BCUT2D eigenvalue weighted by molar-refractivity contribution is 0.0801. The number of nitrogens with one attached hydrogen (secondary N) is 1. The highest BCUT2D eigenvalue weighted by Crippen LogP contribution is 2.35. The summed E-state index contributed by atoms with van der Waals surface area (Å²) in [4.78, 5) is 8.72. The Kier molecular flexibility index (Phi) is 4.75. The molecule has 8 nitrogen and oxygen atoms in total. The molecule has 0 fully saturated rings. The van der Waals surface area contributed by atoms with Crippen molar-refractivity contribution in [3.63, 3.8) is 0 Å². The normalized spacial score (nSPS) is 11.3. The molecule has 0 saturated carbocycles. The molecule has 29 heavy (non-hydrogen) atoms. The second-order valence-corrected chi connectivity index (χ2v) is 6.30. The summed E-state index contributed by atoms with van der Waals surface area (Å²) in [6, 6.07) is 3.33. The van der Waals surface area contributed by atoms with E-state index < -0.39 is 13.0 Å². The van der Waals surface area contributed by atoms with Gasteiger partial charge in [0, 0.05) is 24.2 Å². The standard InChI is InChI=1S/C19H17F2N5O3/c1-10-3-13(11-4-15(29-9-16(20)21)18(28-2)22-5-11)25-14-8-26(19(27)17(10)14)12-6-23-24-7-12/h3-8,16,27H,9H2,1-2H3,(H,23,24). The highest BCUT2D eigenvalue weighted by atomic mass is 19.3. The molecule has 10 heteroatoms. The van der Waals surface area contributed by atoms with Crippen LogP contribution in [0.25, 0.3) is 27.8 Å². The lowest BCUT2D eigenvalue weighted by atomic mass is 10.1. The lowest BCUT2D eigenvalue weighted by Crippen LogP contribution is -2.08. The van der Waals surface area contributed by atoms with E-state index in [0.717, 1.165) is 5.56 Å². The molecule has 4 aromatic heterocycles. The van der Waals surface area contributed by atoms with Gasteiger partial charge in [-0.3, -0.25) is 9.67 Å². The summed E-state index contributed by atoms with van der Waals surface area (Å²) in [5.41, 5.74) is 3.13. The maximum atomic E-state index is 12.5. The van der Waals surface area contributed by atoms with Gasteiger partial charge < -0.3 is 14.6 Å². The summed E-state index contributed by atoms with van der Waals surface area (Å²) >= 11 is 0. The van der Waals surface area contributed by atoms with Gasteiger partial charge in [0.15, 0.2) is 5.75 Å². The zero-order valence-electron chi connectivity index (χ0n) is 15.6. The number of H-pyrrole nitrogens is 1. The number of aryl methyl sites for hydroxylation is 1. The Balaban J connectivity index is 1.79. The Labute approximate surface area is 163 Å². The fourth-order valence-electron chi connectivity index (χ4n) is 3.09. The fourth-order valence-corrected chi connectivity index (χ4v) is 3.09. The van der Waals surface area contributed by atoms with Crippen molar-refractivity contribution in [2.24, 2.45) is 0 Å². The van der Waals surface area contributed by atoms with Crippen LogP contribution in [0.4, 0.5) is 8.78 Å². The minimum absolute atomic E-state index is 0.0479. The van der Waals surface area contributed by atoms with Crippen molar-refractivity contribution in [3.8, 4) is 34.5 Å². The van der Waals surface area contributed by atoms with Gasteiger partial charge in [0.2, 0.25) is 5.88 Å². The van der Waals surface area contributed by atoms with Crippen LogP contribution in [0.2, 0.25) is 0 Å². The second-order valence-electron chi connectivity index (χ2n) is 6.30. The topological polar surface area (TPSA) is 98.1 Å². The zero-order valence-corrected chi connectivity index (χ0v) is 15.6. The molecular formula is C19H17F2N5O3. The van der Waals surface area contributed by atoms with Crippen molar-refractivity contribution in [2.45, 2.75) is 13.3 Å². The molecule has 0 bridgehead atoms. The molecule has 0 saturated heterocycles. The van der Waals surface area contributed by atoms with Crippen molar-refractivity contribution < 1.29 is 23.4 Å². The smallest absolute Gasteiger partial charge is 0.272 e. The first-order valence-electron chi connectivity index (χ1n) is 8.64. The summed E-state index contributed by atoms with van der Waals surface area (Å²) in [6.07, 6.45) is 3.82. The fraction of sp³-hybridized carbons (Fsp3) is 0.211. The number of fused-ring (bicyclic) bond motifs is 1. The third kappa shape index (κ3) is 3.44. The van der Waals surface area contributed by atoms with Crippen molar-refractivity contribution in [1.82, 2.24) is 24.7 Å². The monoisotopic (exact) mass is 401 g/mol. The molecule has 0 spiro atoms. The van der Waals surface area contributed by atoms with E-state index in [9.17, 15) is 13.9 Å². The molecule has 4 rings (SSSR count).